The molecule has 2 spiro atoms. The molecule has 10 aromatic carbocycles. The van der Waals surface area contributed by atoms with Crippen LogP contribution in [0.1, 0.15) is 70.2 Å². The Hall–Kier alpha value is -8.44. The zero-order chi connectivity index (χ0) is 48.8. The van der Waals surface area contributed by atoms with Gasteiger partial charge in [0.1, 0.15) is 0 Å². The third-order valence-corrected chi connectivity index (χ3v) is 19.1. The van der Waals surface area contributed by atoms with Crippen LogP contribution in [0.3, 0.4) is 0 Å². The maximum absolute atomic E-state index is 2.68. The van der Waals surface area contributed by atoms with Crippen LogP contribution in [0.25, 0.3) is 44.5 Å². The lowest BCUT2D eigenvalue weighted by atomic mass is 9.35. The predicted octanol–water partition coefficient (Wildman–Crippen LogP) is 15.8. The topological polar surface area (TPSA) is 6.48 Å². The molecule has 4 heteroatoms. The zero-order valence-corrected chi connectivity index (χ0v) is 42.1. The summed E-state index contributed by atoms with van der Waals surface area (Å²) in [5.74, 6) is 0. The first-order valence-corrected chi connectivity index (χ1v) is 27.0. The van der Waals surface area contributed by atoms with Crippen molar-refractivity contribution in [2.24, 2.45) is 0 Å². The molecule has 17 rings (SSSR count). The summed E-state index contributed by atoms with van der Waals surface area (Å²) in [5.41, 5.74) is 30.5. The number of nitrogens with zero attached hydrogens (tertiary/aromatic N) is 2. The summed E-state index contributed by atoms with van der Waals surface area (Å²) in [6.07, 6.45) is 0. The molecule has 0 radical (unpaired) electrons. The molecular formula is C70H47BN2S. The van der Waals surface area contributed by atoms with Gasteiger partial charge in [0.25, 0.3) is 6.71 Å². The van der Waals surface area contributed by atoms with Gasteiger partial charge >= 0.3 is 0 Å². The zero-order valence-electron chi connectivity index (χ0n) is 41.3. The van der Waals surface area contributed by atoms with Crippen LogP contribution in [0.5, 0.6) is 0 Å². The van der Waals surface area contributed by atoms with Crippen LogP contribution in [0, 0.1) is 0 Å². The molecule has 0 bridgehead atoms. The second-order valence-electron chi connectivity index (χ2n) is 22.2. The van der Waals surface area contributed by atoms with Crippen LogP contribution in [0.4, 0.5) is 34.1 Å². The van der Waals surface area contributed by atoms with Crippen molar-refractivity contribution in [3.05, 3.63) is 280 Å². The smallest absolute Gasteiger partial charge is 0.264 e. The fourth-order valence-corrected chi connectivity index (χ4v) is 16.6. The van der Waals surface area contributed by atoms with E-state index in [1.54, 1.807) is 0 Å². The first-order chi connectivity index (χ1) is 36.4. The van der Waals surface area contributed by atoms with Crippen molar-refractivity contribution in [3.8, 4) is 44.5 Å². The number of hydrogen-bond donors (Lipinski definition) is 0. The molecule has 0 unspecified atom stereocenters. The van der Waals surface area contributed by atoms with Gasteiger partial charge in [-0.25, -0.2) is 0 Å². The average molecular weight is 959 g/mol. The number of anilines is 6. The highest BCUT2D eigenvalue weighted by Gasteiger charge is 2.58. The normalized spacial score (nSPS) is 15.4. The van der Waals surface area contributed by atoms with Crippen LogP contribution in [-0.4, -0.2) is 6.71 Å². The Labute approximate surface area is 436 Å². The van der Waals surface area contributed by atoms with Crippen molar-refractivity contribution in [1.29, 1.82) is 0 Å². The van der Waals surface area contributed by atoms with Gasteiger partial charge in [0.2, 0.25) is 0 Å². The van der Waals surface area contributed by atoms with E-state index < -0.39 is 10.8 Å². The van der Waals surface area contributed by atoms with Gasteiger partial charge in [-0.1, -0.05) is 209 Å². The number of hydrogen-bond acceptors (Lipinski definition) is 3. The van der Waals surface area contributed by atoms with E-state index in [0.29, 0.717) is 0 Å². The molecule has 74 heavy (non-hydrogen) atoms. The first kappa shape index (κ1) is 41.1. The molecule has 3 heterocycles. The van der Waals surface area contributed by atoms with Crippen molar-refractivity contribution < 1.29 is 0 Å². The maximum Gasteiger partial charge on any atom is 0.264 e. The highest BCUT2D eigenvalue weighted by molar-refractivity contribution is 7.30. The molecule has 6 aliphatic rings. The molecular weight excluding hydrogens is 912 g/mol. The molecule has 2 nitrogen and oxygen atoms in total. The van der Waals surface area contributed by atoms with Gasteiger partial charge < -0.3 is 9.80 Å². The minimum absolute atomic E-state index is 0.0668. The largest absolute Gasteiger partial charge is 0.311 e. The highest BCUT2D eigenvalue weighted by Crippen LogP contribution is 2.68. The van der Waals surface area contributed by atoms with Gasteiger partial charge in [0, 0.05) is 43.7 Å². The van der Waals surface area contributed by atoms with E-state index in [9.17, 15) is 0 Å². The van der Waals surface area contributed by atoms with Crippen molar-refractivity contribution in [2.75, 3.05) is 9.80 Å². The predicted molar refractivity (Wildman–Crippen MR) is 310 cm³/mol. The molecule has 0 amide bonds. The monoisotopic (exact) mass is 958 g/mol. The van der Waals surface area contributed by atoms with E-state index in [2.05, 4.69) is 272 Å². The maximum atomic E-state index is 2.68. The lowest BCUT2D eigenvalue weighted by molar-refractivity contribution is 0.590. The molecule has 0 saturated carbocycles. The van der Waals surface area contributed by atoms with E-state index in [-0.39, 0.29) is 12.1 Å². The van der Waals surface area contributed by atoms with Gasteiger partial charge in [-0.05, 0) is 142 Å². The van der Waals surface area contributed by atoms with E-state index in [4.69, 9.17) is 0 Å². The average Bonchev–Trinajstić information content (AvgIpc) is 4.29. The fraction of sp³-hybridized carbons (Fsp3) is 0.0857. The molecule has 0 fully saturated rings. The molecule has 346 valence electrons. The fourth-order valence-electron chi connectivity index (χ4n) is 15.0. The van der Waals surface area contributed by atoms with Crippen LogP contribution >= 0.6 is 11.3 Å². The molecule has 0 atom stereocenters. The molecule has 0 saturated heterocycles. The van der Waals surface area contributed by atoms with E-state index in [1.165, 1.54) is 138 Å². The molecule has 11 aromatic rings. The number of benzene rings is 10. The second-order valence-corrected chi connectivity index (χ2v) is 23.3. The molecule has 4 aliphatic carbocycles. The third kappa shape index (κ3) is 4.80. The summed E-state index contributed by atoms with van der Waals surface area (Å²) in [6, 6.07) is 88.5. The van der Waals surface area contributed by atoms with Crippen molar-refractivity contribution in [2.45, 2.75) is 37.0 Å². The van der Waals surface area contributed by atoms with Crippen LogP contribution < -0.4 is 25.5 Å². The molecule has 2 aliphatic heterocycles. The summed E-state index contributed by atoms with van der Waals surface area (Å²) < 4.78 is 1.40. The minimum atomic E-state index is -0.486. The Bertz CT molecular complexity index is 4180. The van der Waals surface area contributed by atoms with Crippen molar-refractivity contribution in [3.63, 3.8) is 0 Å². The Morgan fingerprint density at radius 1 is 0.378 bits per heavy atom. The number of rotatable bonds is 2. The summed E-state index contributed by atoms with van der Waals surface area (Å²) >= 11 is 2.07. The van der Waals surface area contributed by atoms with E-state index >= 15 is 0 Å². The summed E-state index contributed by atoms with van der Waals surface area (Å²) in [5, 5.41) is 0. The Morgan fingerprint density at radius 3 is 1.28 bits per heavy atom. The molecule has 1 aromatic heterocycles. The number of para-hydroxylation sites is 2. The first-order valence-electron chi connectivity index (χ1n) is 26.2. The Kier molecular flexibility index (Phi) is 7.88. The van der Waals surface area contributed by atoms with Crippen molar-refractivity contribution in [1.82, 2.24) is 0 Å². The summed E-state index contributed by atoms with van der Waals surface area (Å²) in [7, 11) is 0. The van der Waals surface area contributed by atoms with Crippen LogP contribution in [0.2, 0.25) is 0 Å². The Morgan fingerprint density at radius 2 is 0.784 bits per heavy atom. The minimum Gasteiger partial charge on any atom is -0.311 e. The second kappa shape index (κ2) is 14.2. The lowest BCUT2D eigenvalue weighted by Gasteiger charge is -2.45. The van der Waals surface area contributed by atoms with Crippen LogP contribution in [0.15, 0.2) is 231 Å². The van der Waals surface area contributed by atoms with Crippen molar-refractivity contribution >= 4 is 67.9 Å². The standard InChI is InChI=1S/C70H47BN2S/c1-68(2,3)42-38-61-64-62(39-42)73(44-24-8-5-9-25-44)65-63-50-31-15-21-37-57(50)70(55-35-19-12-28-47(55)48-29-13-20-36-56(48)70)66(63)74-67(65)71(64)59-40-51-49-30-14-18-34-54(49)69(58(51)41-60(59)72(61)43-22-6-4-7-23-43)52-32-16-10-26-45(52)46-27-11-17-33-53(46)69/h4-41H,1-3H3. The molecule has 0 N–H and O–H groups in total. The van der Waals surface area contributed by atoms with Crippen LogP contribution in [-0.2, 0) is 16.2 Å². The highest BCUT2D eigenvalue weighted by atomic mass is 32.1. The van der Waals surface area contributed by atoms with Gasteiger partial charge in [0.05, 0.1) is 16.5 Å². The van der Waals surface area contributed by atoms with E-state index in [0.717, 1.165) is 5.69 Å². The Balaban J connectivity index is 1.05. The van der Waals surface area contributed by atoms with E-state index in [1.807, 2.05) is 0 Å². The number of thiophene rings is 1. The lowest BCUT2D eigenvalue weighted by Crippen LogP contribution is -2.60. The third-order valence-electron chi connectivity index (χ3n) is 17.8. The SMILES string of the molecule is CC(C)(C)c1cc2c3c(c1)N(c1ccccc1)c1c(sc4c1-c1ccccc1C41c4ccccc4-c4ccccc41)B3c1cc3c(cc1N2c1ccccc1)C1(c2ccccc2-c2ccccc21)c1ccccc1-3. The summed E-state index contributed by atoms with van der Waals surface area (Å²) in [4.78, 5) is 6.74. The van der Waals surface area contributed by atoms with Gasteiger partial charge in [0.15, 0.2) is 0 Å². The number of fused-ring (bicyclic) bond motifs is 25. The van der Waals surface area contributed by atoms with Gasteiger partial charge in [-0.3, -0.25) is 0 Å². The quantitative estimate of drug-likeness (QED) is 0.159. The van der Waals surface area contributed by atoms with Gasteiger partial charge in [-0.15, -0.1) is 11.3 Å². The van der Waals surface area contributed by atoms with Gasteiger partial charge in [-0.2, -0.15) is 0 Å². The summed E-state index contributed by atoms with van der Waals surface area (Å²) in [6.45, 7) is 7.07.